The van der Waals surface area contributed by atoms with Crippen molar-refractivity contribution in [1.82, 2.24) is 4.90 Å². The van der Waals surface area contributed by atoms with Crippen molar-refractivity contribution < 1.29 is 9.59 Å². The van der Waals surface area contributed by atoms with E-state index in [1.165, 1.54) is 12.5 Å². The van der Waals surface area contributed by atoms with Crippen molar-refractivity contribution in [2.45, 2.75) is 13.8 Å². The molecule has 0 aromatic heterocycles. The van der Waals surface area contributed by atoms with Gasteiger partial charge in [-0.15, -0.1) is 0 Å². The second-order valence-corrected chi connectivity index (χ2v) is 7.44. The lowest BCUT2D eigenvalue weighted by molar-refractivity contribution is -0.117. The van der Waals surface area contributed by atoms with Gasteiger partial charge in [-0.1, -0.05) is 17.7 Å². The van der Waals surface area contributed by atoms with Crippen molar-refractivity contribution >= 4 is 40.5 Å². The Morgan fingerprint density at radius 2 is 1.57 bits per heavy atom. The fraction of sp³-hybridized carbons (Fsp3) is 0.333. The summed E-state index contributed by atoms with van der Waals surface area (Å²) in [6.45, 7) is 7.27. The first-order valence-electron chi connectivity index (χ1n) is 9.31. The second-order valence-electron chi connectivity index (χ2n) is 7.00. The van der Waals surface area contributed by atoms with Crippen LogP contribution >= 0.6 is 11.6 Å². The molecule has 2 amide bonds. The summed E-state index contributed by atoms with van der Waals surface area (Å²) in [5, 5.41) is 6.35. The zero-order chi connectivity index (χ0) is 20.1. The van der Waals surface area contributed by atoms with E-state index in [0.717, 1.165) is 36.9 Å². The van der Waals surface area contributed by atoms with Crippen LogP contribution in [0.1, 0.15) is 12.5 Å². The van der Waals surface area contributed by atoms with Gasteiger partial charge in [0.25, 0.3) is 0 Å². The van der Waals surface area contributed by atoms with Gasteiger partial charge in [-0.25, -0.2) is 0 Å². The van der Waals surface area contributed by atoms with Crippen molar-refractivity contribution in [3.63, 3.8) is 0 Å². The first-order chi connectivity index (χ1) is 13.4. The van der Waals surface area contributed by atoms with E-state index in [4.69, 9.17) is 11.6 Å². The van der Waals surface area contributed by atoms with E-state index in [1.807, 2.05) is 18.2 Å². The van der Waals surface area contributed by atoms with Crippen LogP contribution in [0.3, 0.4) is 0 Å². The summed E-state index contributed by atoms with van der Waals surface area (Å²) in [6.07, 6.45) is 0. The third-order valence-electron chi connectivity index (χ3n) is 4.74. The highest BCUT2D eigenvalue weighted by atomic mass is 35.5. The van der Waals surface area contributed by atoms with Gasteiger partial charge in [-0.3, -0.25) is 14.5 Å². The van der Waals surface area contributed by atoms with E-state index in [0.29, 0.717) is 17.9 Å². The number of rotatable bonds is 5. The second kappa shape index (κ2) is 9.08. The van der Waals surface area contributed by atoms with Gasteiger partial charge in [0.15, 0.2) is 0 Å². The number of carbonyl (C=O) groups excluding carboxylic acids is 2. The number of nitrogens with one attached hydrogen (secondary N) is 2. The maximum atomic E-state index is 12.3. The summed E-state index contributed by atoms with van der Waals surface area (Å²) < 4.78 is 0. The summed E-state index contributed by atoms with van der Waals surface area (Å²) in [5.74, 6) is -0.163. The molecule has 0 bridgehead atoms. The van der Waals surface area contributed by atoms with Crippen LogP contribution in [-0.2, 0) is 9.59 Å². The Labute approximate surface area is 170 Å². The predicted molar refractivity (Wildman–Crippen MR) is 114 cm³/mol. The highest BCUT2D eigenvalue weighted by Gasteiger charge is 2.20. The summed E-state index contributed by atoms with van der Waals surface area (Å²) in [6, 6.07) is 13.0. The average Bonchev–Trinajstić information content (AvgIpc) is 2.65. The largest absolute Gasteiger partial charge is 0.369 e. The van der Waals surface area contributed by atoms with E-state index in [-0.39, 0.29) is 11.8 Å². The normalized spacial score (nSPS) is 14.6. The molecular weight excluding hydrogens is 376 g/mol. The first kappa shape index (κ1) is 20.2. The van der Waals surface area contributed by atoms with Crippen LogP contribution in [0, 0.1) is 6.92 Å². The van der Waals surface area contributed by atoms with Crippen LogP contribution in [0.15, 0.2) is 42.5 Å². The number of hydrogen-bond donors (Lipinski definition) is 2. The topological polar surface area (TPSA) is 64.7 Å². The summed E-state index contributed by atoms with van der Waals surface area (Å²) in [7, 11) is 0. The minimum atomic E-state index is -0.121. The fourth-order valence-electron chi connectivity index (χ4n) is 3.31. The number of nitrogens with zero attached hydrogens (tertiary/aromatic N) is 2. The van der Waals surface area contributed by atoms with Gasteiger partial charge in [-0.05, 0) is 48.9 Å². The van der Waals surface area contributed by atoms with Crippen LogP contribution in [0.5, 0.6) is 0 Å². The number of piperazine rings is 1. The highest BCUT2D eigenvalue weighted by molar-refractivity contribution is 6.30. The molecule has 0 atom stereocenters. The van der Waals surface area contributed by atoms with E-state index in [1.54, 1.807) is 24.3 Å². The Kier molecular flexibility index (Phi) is 6.54. The molecule has 1 aliphatic heterocycles. The lowest BCUT2D eigenvalue weighted by Crippen LogP contribution is -2.48. The maximum absolute atomic E-state index is 12.3. The SMILES string of the molecule is CC(=O)Nc1ccc(NC(=O)CN2CCN(c3cc(Cl)ccc3C)CC2)cc1. The van der Waals surface area contributed by atoms with E-state index < -0.39 is 0 Å². The van der Waals surface area contributed by atoms with Crippen LogP contribution in [0.2, 0.25) is 5.02 Å². The van der Waals surface area contributed by atoms with E-state index in [9.17, 15) is 9.59 Å². The van der Waals surface area contributed by atoms with Crippen LogP contribution < -0.4 is 15.5 Å². The van der Waals surface area contributed by atoms with Crippen molar-refractivity contribution in [3.05, 3.63) is 53.1 Å². The molecule has 3 rings (SSSR count). The third-order valence-corrected chi connectivity index (χ3v) is 4.98. The van der Waals surface area contributed by atoms with Gasteiger partial charge in [0.1, 0.15) is 0 Å². The molecule has 148 valence electrons. The number of anilines is 3. The molecule has 0 saturated carbocycles. The Bertz CT molecular complexity index is 846. The quantitative estimate of drug-likeness (QED) is 0.807. The van der Waals surface area contributed by atoms with Gasteiger partial charge >= 0.3 is 0 Å². The molecule has 1 aliphatic rings. The zero-order valence-corrected chi connectivity index (χ0v) is 16.9. The van der Waals surface area contributed by atoms with Gasteiger partial charge in [0.2, 0.25) is 11.8 Å². The number of aryl methyl sites for hydroxylation is 1. The Morgan fingerprint density at radius 1 is 0.964 bits per heavy atom. The monoisotopic (exact) mass is 400 g/mol. The molecule has 1 heterocycles. The highest BCUT2D eigenvalue weighted by Crippen LogP contribution is 2.25. The molecule has 28 heavy (non-hydrogen) atoms. The van der Waals surface area contributed by atoms with Gasteiger partial charge in [-0.2, -0.15) is 0 Å². The van der Waals surface area contributed by atoms with Gasteiger partial charge in [0, 0.05) is 55.2 Å². The zero-order valence-electron chi connectivity index (χ0n) is 16.2. The average molecular weight is 401 g/mol. The smallest absolute Gasteiger partial charge is 0.238 e. The molecule has 2 aromatic carbocycles. The predicted octanol–water partition coefficient (Wildman–Crippen LogP) is 3.37. The minimum Gasteiger partial charge on any atom is -0.369 e. The number of benzene rings is 2. The lowest BCUT2D eigenvalue weighted by atomic mass is 10.1. The van der Waals surface area contributed by atoms with Crippen molar-refractivity contribution in [1.29, 1.82) is 0 Å². The van der Waals surface area contributed by atoms with E-state index >= 15 is 0 Å². The molecule has 2 N–H and O–H groups in total. The Morgan fingerprint density at radius 3 is 2.18 bits per heavy atom. The standard InChI is InChI=1S/C21H25ClN4O2/c1-15-3-4-17(22)13-20(15)26-11-9-25(10-12-26)14-21(28)24-19-7-5-18(6-8-19)23-16(2)27/h3-8,13H,9-12,14H2,1-2H3,(H,23,27)(H,24,28). The molecule has 7 heteroatoms. The number of carbonyl (C=O) groups is 2. The van der Waals surface area contributed by atoms with Crippen molar-refractivity contribution in [2.24, 2.45) is 0 Å². The lowest BCUT2D eigenvalue weighted by Gasteiger charge is -2.36. The van der Waals surface area contributed by atoms with E-state index in [2.05, 4.69) is 27.4 Å². The third kappa shape index (κ3) is 5.47. The molecule has 1 fully saturated rings. The summed E-state index contributed by atoms with van der Waals surface area (Å²) in [4.78, 5) is 27.9. The van der Waals surface area contributed by atoms with Gasteiger partial charge < -0.3 is 15.5 Å². The molecule has 6 nitrogen and oxygen atoms in total. The van der Waals surface area contributed by atoms with Crippen LogP contribution in [-0.4, -0.2) is 49.4 Å². The van der Waals surface area contributed by atoms with Crippen molar-refractivity contribution in [3.8, 4) is 0 Å². The molecule has 0 spiro atoms. The number of amides is 2. The van der Waals surface area contributed by atoms with Crippen molar-refractivity contribution in [2.75, 3.05) is 48.3 Å². The molecular formula is C21H25ClN4O2. The molecule has 2 aromatic rings. The molecule has 0 radical (unpaired) electrons. The van der Waals surface area contributed by atoms with Crippen LogP contribution in [0.25, 0.3) is 0 Å². The molecule has 1 saturated heterocycles. The summed E-state index contributed by atoms with van der Waals surface area (Å²) in [5.41, 5.74) is 3.79. The minimum absolute atomic E-state index is 0.0420. The number of hydrogen-bond acceptors (Lipinski definition) is 4. The molecule has 0 aliphatic carbocycles. The molecule has 0 unspecified atom stereocenters. The van der Waals surface area contributed by atoms with Crippen LogP contribution in [0.4, 0.5) is 17.1 Å². The maximum Gasteiger partial charge on any atom is 0.238 e. The number of halogens is 1. The fourth-order valence-corrected chi connectivity index (χ4v) is 3.48. The Balaban J connectivity index is 1.48. The first-order valence-corrected chi connectivity index (χ1v) is 9.69. The Hall–Kier alpha value is -2.57. The summed E-state index contributed by atoms with van der Waals surface area (Å²) >= 11 is 6.13. The van der Waals surface area contributed by atoms with Gasteiger partial charge in [0.05, 0.1) is 6.54 Å².